The third-order valence-corrected chi connectivity index (χ3v) is 5.04. The summed E-state index contributed by atoms with van der Waals surface area (Å²) in [4.78, 5) is 0. The molecule has 1 rings (SSSR count). The summed E-state index contributed by atoms with van der Waals surface area (Å²) in [6, 6.07) is 0. The van der Waals surface area contributed by atoms with E-state index in [1.165, 1.54) is 4.31 Å². The number of piperidine rings is 1. The molecule has 0 aromatic heterocycles. The molecule has 0 aliphatic carbocycles. The molecule has 1 aliphatic rings. The van der Waals surface area contributed by atoms with Crippen LogP contribution < -0.4 is 10.5 Å². The lowest BCUT2D eigenvalue weighted by molar-refractivity contribution is 0.200. The van der Waals surface area contributed by atoms with E-state index in [9.17, 15) is 8.42 Å². The molecule has 2 atom stereocenters. The van der Waals surface area contributed by atoms with E-state index in [1.807, 2.05) is 20.8 Å². The smallest absolute Gasteiger partial charge is 0.279 e. The normalized spacial score (nSPS) is 28.3. The van der Waals surface area contributed by atoms with E-state index >= 15 is 0 Å². The molecule has 1 fully saturated rings. The average Bonchev–Trinajstić information content (AvgIpc) is 2.14. The quantitative estimate of drug-likeness (QED) is 0.780. The Hall–Kier alpha value is -0.170. The van der Waals surface area contributed by atoms with E-state index < -0.39 is 15.7 Å². The summed E-state index contributed by atoms with van der Waals surface area (Å²) >= 11 is 0. The van der Waals surface area contributed by atoms with Crippen LogP contribution in [0.3, 0.4) is 0 Å². The van der Waals surface area contributed by atoms with Crippen molar-refractivity contribution in [3.63, 3.8) is 0 Å². The third-order valence-electron chi connectivity index (χ3n) is 3.15. The monoisotopic (exact) mass is 263 g/mol. The third kappa shape index (κ3) is 4.21. The predicted molar refractivity (Wildman–Crippen MR) is 69.7 cm³/mol. The Balaban J connectivity index is 2.73. The van der Waals surface area contributed by atoms with Crippen LogP contribution in [-0.4, -0.2) is 37.9 Å². The van der Waals surface area contributed by atoms with Gasteiger partial charge in [-0.1, -0.05) is 6.92 Å². The summed E-state index contributed by atoms with van der Waals surface area (Å²) in [5, 5.41) is 0. The fourth-order valence-corrected chi connectivity index (χ4v) is 3.73. The van der Waals surface area contributed by atoms with Gasteiger partial charge in [0.1, 0.15) is 0 Å². The van der Waals surface area contributed by atoms with Crippen molar-refractivity contribution < 1.29 is 8.42 Å². The molecule has 2 unspecified atom stereocenters. The molecule has 0 amide bonds. The van der Waals surface area contributed by atoms with Gasteiger partial charge in [-0.3, -0.25) is 0 Å². The maximum absolute atomic E-state index is 12.1. The number of hydrogen-bond donors (Lipinski definition) is 2. The fourth-order valence-electron chi connectivity index (χ4n) is 2.09. The summed E-state index contributed by atoms with van der Waals surface area (Å²) in [6.07, 6.45) is 0.882. The lowest BCUT2D eigenvalue weighted by Crippen LogP contribution is -2.53. The number of nitrogens with zero attached hydrogens (tertiary/aromatic N) is 1. The first-order valence-corrected chi connectivity index (χ1v) is 7.59. The first kappa shape index (κ1) is 14.9. The van der Waals surface area contributed by atoms with Crippen LogP contribution in [0.1, 0.15) is 34.1 Å². The maximum atomic E-state index is 12.1. The molecule has 0 bridgehead atoms. The average molecular weight is 263 g/mol. The first-order valence-electron chi connectivity index (χ1n) is 6.15. The highest BCUT2D eigenvalue weighted by atomic mass is 32.2. The Morgan fingerprint density at radius 1 is 1.41 bits per heavy atom. The van der Waals surface area contributed by atoms with Gasteiger partial charge in [-0.05, 0) is 45.6 Å². The number of nitrogens with one attached hydrogen (secondary N) is 1. The van der Waals surface area contributed by atoms with Crippen molar-refractivity contribution in [2.75, 3.05) is 19.6 Å². The van der Waals surface area contributed by atoms with E-state index in [4.69, 9.17) is 5.73 Å². The second kappa shape index (κ2) is 5.22. The molecule has 0 aromatic carbocycles. The summed E-state index contributed by atoms with van der Waals surface area (Å²) in [5.74, 6) is 0.765. The van der Waals surface area contributed by atoms with Crippen molar-refractivity contribution in [2.45, 2.75) is 39.7 Å². The SMILES string of the molecule is CC1CCN(S(=O)(=O)NC(C)(C)C)CC1CN. The highest BCUT2D eigenvalue weighted by Gasteiger charge is 2.33. The van der Waals surface area contributed by atoms with Crippen molar-refractivity contribution in [3.05, 3.63) is 0 Å². The molecule has 102 valence electrons. The molecule has 3 N–H and O–H groups in total. The van der Waals surface area contributed by atoms with Crippen LogP contribution in [0.15, 0.2) is 0 Å². The Labute approximate surface area is 105 Å². The molecule has 17 heavy (non-hydrogen) atoms. The Kier molecular flexibility index (Phi) is 4.57. The van der Waals surface area contributed by atoms with E-state index in [-0.39, 0.29) is 5.92 Å². The van der Waals surface area contributed by atoms with Gasteiger partial charge in [0, 0.05) is 18.6 Å². The summed E-state index contributed by atoms with van der Waals surface area (Å²) in [6.45, 7) is 9.33. The highest BCUT2D eigenvalue weighted by Crippen LogP contribution is 2.24. The van der Waals surface area contributed by atoms with Gasteiger partial charge in [-0.15, -0.1) is 0 Å². The van der Waals surface area contributed by atoms with Crippen LogP contribution >= 0.6 is 0 Å². The van der Waals surface area contributed by atoms with Gasteiger partial charge < -0.3 is 5.73 Å². The predicted octanol–water partition coefficient (Wildman–Crippen LogP) is 0.536. The summed E-state index contributed by atoms with van der Waals surface area (Å²) in [5.41, 5.74) is 5.24. The minimum Gasteiger partial charge on any atom is -0.330 e. The highest BCUT2D eigenvalue weighted by molar-refractivity contribution is 7.87. The molecule has 1 heterocycles. The standard InChI is InChI=1S/C11H25N3O2S/c1-9-5-6-14(8-10(9)7-12)17(15,16)13-11(2,3)4/h9-10,13H,5-8,12H2,1-4H3. The van der Waals surface area contributed by atoms with Gasteiger partial charge >= 0.3 is 0 Å². The van der Waals surface area contributed by atoms with Crippen molar-refractivity contribution in [1.82, 2.24) is 9.03 Å². The van der Waals surface area contributed by atoms with E-state index in [0.29, 0.717) is 25.6 Å². The van der Waals surface area contributed by atoms with E-state index in [0.717, 1.165) is 6.42 Å². The Morgan fingerprint density at radius 3 is 2.47 bits per heavy atom. The van der Waals surface area contributed by atoms with Crippen LogP contribution in [0.2, 0.25) is 0 Å². The fraction of sp³-hybridized carbons (Fsp3) is 1.00. The van der Waals surface area contributed by atoms with Crippen LogP contribution in [0, 0.1) is 11.8 Å². The zero-order valence-electron chi connectivity index (χ0n) is 11.2. The zero-order valence-corrected chi connectivity index (χ0v) is 12.0. The lowest BCUT2D eigenvalue weighted by atomic mass is 9.88. The Bertz CT molecular complexity index is 348. The van der Waals surface area contributed by atoms with E-state index in [2.05, 4.69) is 11.6 Å². The largest absolute Gasteiger partial charge is 0.330 e. The summed E-state index contributed by atoms with van der Waals surface area (Å²) < 4.78 is 28.5. The van der Waals surface area contributed by atoms with Crippen LogP contribution in [0.4, 0.5) is 0 Å². The molecule has 0 radical (unpaired) electrons. The first-order chi connectivity index (χ1) is 7.65. The molecule has 6 heteroatoms. The van der Waals surface area contributed by atoms with Crippen LogP contribution in [0.5, 0.6) is 0 Å². The maximum Gasteiger partial charge on any atom is 0.279 e. The van der Waals surface area contributed by atoms with Gasteiger partial charge in [0.25, 0.3) is 10.2 Å². The molecule has 0 saturated carbocycles. The van der Waals surface area contributed by atoms with Crippen molar-refractivity contribution in [3.8, 4) is 0 Å². The number of nitrogens with two attached hydrogens (primary N) is 1. The second-order valence-corrected chi connectivity index (χ2v) is 7.65. The van der Waals surface area contributed by atoms with Gasteiger partial charge in [-0.25, -0.2) is 0 Å². The lowest BCUT2D eigenvalue weighted by Gasteiger charge is -2.37. The molecular formula is C11H25N3O2S. The molecule has 0 spiro atoms. The van der Waals surface area contributed by atoms with E-state index in [1.54, 1.807) is 0 Å². The topological polar surface area (TPSA) is 75.4 Å². The van der Waals surface area contributed by atoms with Gasteiger partial charge in [0.15, 0.2) is 0 Å². The second-order valence-electron chi connectivity index (χ2n) is 5.98. The van der Waals surface area contributed by atoms with Crippen molar-refractivity contribution in [1.29, 1.82) is 0 Å². The van der Waals surface area contributed by atoms with Gasteiger partial charge in [0.05, 0.1) is 0 Å². The molecule has 1 aliphatic heterocycles. The number of rotatable bonds is 3. The minimum atomic E-state index is -3.38. The molecule has 1 saturated heterocycles. The van der Waals surface area contributed by atoms with Gasteiger partial charge in [0.2, 0.25) is 0 Å². The zero-order chi connectivity index (χ0) is 13.3. The van der Waals surface area contributed by atoms with Crippen molar-refractivity contribution in [2.24, 2.45) is 17.6 Å². The Morgan fingerprint density at radius 2 is 2.00 bits per heavy atom. The minimum absolute atomic E-state index is 0.264. The van der Waals surface area contributed by atoms with Gasteiger partial charge in [-0.2, -0.15) is 17.4 Å². The van der Waals surface area contributed by atoms with Crippen LogP contribution in [-0.2, 0) is 10.2 Å². The molecule has 0 aromatic rings. The molecule has 5 nitrogen and oxygen atoms in total. The number of hydrogen-bond acceptors (Lipinski definition) is 3. The molecular weight excluding hydrogens is 238 g/mol. The summed E-state index contributed by atoms with van der Waals surface area (Å²) in [7, 11) is -3.38. The van der Waals surface area contributed by atoms with Crippen molar-refractivity contribution >= 4 is 10.2 Å². The van der Waals surface area contributed by atoms with Crippen LogP contribution in [0.25, 0.3) is 0 Å².